The largest absolute Gasteiger partial charge is 0.480 e. The van der Waals surface area contributed by atoms with E-state index in [2.05, 4.69) is 15.4 Å². The zero-order valence-corrected chi connectivity index (χ0v) is 15.9. The van der Waals surface area contributed by atoms with E-state index < -0.39 is 29.5 Å². The van der Waals surface area contributed by atoms with Crippen LogP contribution in [0.2, 0.25) is 0 Å². The summed E-state index contributed by atoms with van der Waals surface area (Å²) in [5.74, 6) is -2.46. The molecule has 30 heavy (non-hydrogen) atoms. The summed E-state index contributed by atoms with van der Waals surface area (Å²) in [6.45, 7) is 1.71. The number of hydrogen-bond acceptors (Lipinski definition) is 5. The van der Waals surface area contributed by atoms with Crippen molar-refractivity contribution < 1.29 is 31.9 Å². The zero-order chi connectivity index (χ0) is 22.2. The van der Waals surface area contributed by atoms with Gasteiger partial charge in [0.1, 0.15) is 11.4 Å². The number of urea groups is 1. The molecule has 0 bridgehead atoms. The molecular formula is C18H15F4N5O3. The highest BCUT2D eigenvalue weighted by Crippen LogP contribution is 2.33. The number of imide groups is 1. The fourth-order valence-electron chi connectivity index (χ4n) is 2.80. The number of benzene rings is 1. The Morgan fingerprint density at radius 2 is 1.90 bits per heavy atom. The third kappa shape index (κ3) is 4.02. The Labute approximate surface area is 166 Å². The van der Waals surface area contributed by atoms with Crippen molar-refractivity contribution in [1.82, 2.24) is 20.1 Å². The first-order valence-corrected chi connectivity index (χ1v) is 8.38. The number of nitrogens with one attached hydrogen (secondary N) is 2. The molecular weight excluding hydrogens is 410 g/mol. The maximum Gasteiger partial charge on any atom is 0.419 e. The van der Waals surface area contributed by atoms with Gasteiger partial charge in [0.2, 0.25) is 5.88 Å². The first-order chi connectivity index (χ1) is 14.0. The van der Waals surface area contributed by atoms with Gasteiger partial charge in [-0.25, -0.2) is 9.18 Å². The Bertz CT molecular complexity index is 1160. The van der Waals surface area contributed by atoms with Gasteiger partial charge in [-0.3, -0.25) is 14.8 Å². The number of amides is 3. The number of carbonyl (C=O) groups excluding carboxylic acids is 2. The maximum atomic E-state index is 13.3. The number of halogens is 4. The molecule has 0 aliphatic rings. The second-order valence-corrected chi connectivity index (χ2v) is 6.23. The van der Waals surface area contributed by atoms with E-state index in [0.29, 0.717) is 28.9 Å². The van der Waals surface area contributed by atoms with Crippen LogP contribution in [0.15, 0.2) is 24.3 Å². The van der Waals surface area contributed by atoms with Crippen LogP contribution in [0.5, 0.6) is 5.88 Å². The topological polar surface area (TPSA) is 98.1 Å². The summed E-state index contributed by atoms with van der Waals surface area (Å²) in [7, 11) is 2.94. The minimum absolute atomic E-state index is 0.0723. The maximum absolute atomic E-state index is 13.3. The molecule has 0 atom stereocenters. The van der Waals surface area contributed by atoms with Gasteiger partial charge in [-0.05, 0) is 31.2 Å². The van der Waals surface area contributed by atoms with Crippen molar-refractivity contribution in [1.29, 1.82) is 0 Å². The van der Waals surface area contributed by atoms with Crippen molar-refractivity contribution in [3.8, 4) is 5.88 Å². The van der Waals surface area contributed by atoms with Gasteiger partial charge in [-0.15, -0.1) is 0 Å². The number of carbonyl (C=O) groups is 2. The number of methoxy groups -OCH3 is 1. The molecule has 2 heterocycles. The number of hydrogen-bond donors (Lipinski definition) is 2. The number of aryl methyl sites for hydroxylation is 2. The van der Waals surface area contributed by atoms with Crippen LogP contribution < -0.4 is 15.4 Å². The monoisotopic (exact) mass is 425 g/mol. The van der Waals surface area contributed by atoms with E-state index in [1.54, 1.807) is 14.0 Å². The fraction of sp³-hybridized carbons (Fsp3) is 0.222. The van der Waals surface area contributed by atoms with Crippen molar-refractivity contribution >= 4 is 28.7 Å². The van der Waals surface area contributed by atoms with Gasteiger partial charge in [-0.2, -0.15) is 23.3 Å². The smallest absolute Gasteiger partial charge is 0.419 e. The summed E-state index contributed by atoms with van der Waals surface area (Å²) >= 11 is 0. The summed E-state index contributed by atoms with van der Waals surface area (Å²) in [5, 5.41) is 8.77. The van der Waals surface area contributed by atoms with E-state index in [4.69, 9.17) is 4.74 Å². The van der Waals surface area contributed by atoms with E-state index in [-0.39, 0.29) is 17.1 Å². The lowest BCUT2D eigenvalue weighted by Gasteiger charge is -2.12. The molecule has 3 aromatic rings. The molecule has 2 aromatic heterocycles. The standard InChI is InChI=1S/C18H15F4N5O3/c1-8-10-7-11(16(30-3)24-14(10)27(2)26-8)15(28)25-17(29)23-9-4-5-13(19)12(6-9)18(20,21)22/h4-7H,1-3H3,(H2,23,25,28,29). The van der Waals surface area contributed by atoms with Gasteiger partial charge in [0.15, 0.2) is 5.65 Å². The molecule has 0 saturated heterocycles. The summed E-state index contributed by atoms with van der Waals surface area (Å²) in [6, 6.07) is 2.23. The summed E-state index contributed by atoms with van der Waals surface area (Å²) in [4.78, 5) is 28.8. The van der Waals surface area contributed by atoms with Crippen LogP contribution >= 0.6 is 0 Å². The number of rotatable bonds is 3. The second kappa shape index (κ2) is 7.61. The van der Waals surface area contributed by atoms with Crippen LogP contribution in [0.1, 0.15) is 21.6 Å². The molecule has 0 radical (unpaired) electrons. The number of alkyl halides is 3. The van der Waals surface area contributed by atoms with Crippen molar-refractivity contribution in [2.75, 3.05) is 12.4 Å². The molecule has 2 N–H and O–H groups in total. The third-order valence-corrected chi connectivity index (χ3v) is 4.16. The molecule has 0 aliphatic heterocycles. The first kappa shape index (κ1) is 21.0. The molecule has 0 unspecified atom stereocenters. The van der Waals surface area contributed by atoms with Crippen LogP contribution in [-0.4, -0.2) is 33.8 Å². The Kier molecular flexibility index (Phi) is 5.33. The Morgan fingerprint density at radius 3 is 2.53 bits per heavy atom. The van der Waals surface area contributed by atoms with E-state index >= 15 is 0 Å². The van der Waals surface area contributed by atoms with Gasteiger partial charge in [0, 0.05) is 18.1 Å². The van der Waals surface area contributed by atoms with Crippen molar-refractivity contribution in [3.05, 3.63) is 46.9 Å². The summed E-state index contributed by atoms with van der Waals surface area (Å²) in [6.07, 6.45) is -4.94. The molecule has 1 aromatic carbocycles. The Hall–Kier alpha value is -3.70. The zero-order valence-electron chi connectivity index (χ0n) is 15.9. The SMILES string of the molecule is COc1nc2c(cc1C(=O)NC(=O)Nc1ccc(F)c(C(F)(F)F)c1)c(C)nn2C. The Morgan fingerprint density at radius 1 is 1.20 bits per heavy atom. The molecule has 0 spiro atoms. The molecule has 0 saturated carbocycles. The van der Waals surface area contributed by atoms with E-state index in [1.807, 2.05) is 5.32 Å². The van der Waals surface area contributed by atoms with Crippen LogP contribution in [0.4, 0.5) is 28.0 Å². The number of ether oxygens (including phenoxy) is 1. The van der Waals surface area contributed by atoms with Crippen molar-refractivity contribution in [3.63, 3.8) is 0 Å². The van der Waals surface area contributed by atoms with Crippen LogP contribution in [-0.2, 0) is 13.2 Å². The number of fused-ring (bicyclic) bond motifs is 1. The molecule has 0 fully saturated rings. The van der Waals surface area contributed by atoms with Crippen LogP contribution in [0, 0.1) is 12.7 Å². The lowest BCUT2D eigenvalue weighted by Crippen LogP contribution is -2.34. The van der Waals surface area contributed by atoms with Gasteiger partial charge in [-0.1, -0.05) is 0 Å². The highest BCUT2D eigenvalue weighted by atomic mass is 19.4. The Balaban J connectivity index is 1.83. The van der Waals surface area contributed by atoms with Crippen LogP contribution in [0.25, 0.3) is 11.0 Å². The van der Waals surface area contributed by atoms with E-state index in [1.165, 1.54) is 17.9 Å². The van der Waals surface area contributed by atoms with Crippen LogP contribution in [0.3, 0.4) is 0 Å². The highest BCUT2D eigenvalue weighted by Gasteiger charge is 2.34. The second-order valence-electron chi connectivity index (χ2n) is 6.23. The van der Waals surface area contributed by atoms with E-state index in [9.17, 15) is 27.2 Å². The molecule has 12 heteroatoms. The molecule has 158 valence electrons. The number of nitrogens with zero attached hydrogens (tertiary/aromatic N) is 3. The van der Waals surface area contributed by atoms with Crippen molar-refractivity contribution in [2.45, 2.75) is 13.1 Å². The number of aromatic nitrogens is 3. The van der Waals surface area contributed by atoms with E-state index in [0.717, 1.165) is 6.07 Å². The number of pyridine rings is 1. The normalized spacial score (nSPS) is 11.4. The first-order valence-electron chi connectivity index (χ1n) is 8.38. The van der Waals surface area contributed by atoms with Crippen molar-refractivity contribution in [2.24, 2.45) is 7.05 Å². The van der Waals surface area contributed by atoms with Gasteiger partial charge in [0.25, 0.3) is 5.91 Å². The number of anilines is 1. The predicted octanol–water partition coefficient (Wildman–Crippen LogP) is 3.41. The van der Waals surface area contributed by atoms with Gasteiger partial charge >= 0.3 is 12.2 Å². The minimum atomic E-state index is -4.94. The molecule has 3 rings (SSSR count). The molecule has 8 nitrogen and oxygen atoms in total. The lowest BCUT2D eigenvalue weighted by atomic mass is 10.1. The average Bonchev–Trinajstić information content (AvgIpc) is 2.94. The third-order valence-electron chi connectivity index (χ3n) is 4.16. The average molecular weight is 425 g/mol. The summed E-state index contributed by atoms with van der Waals surface area (Å²) in [5.41, 5.74) is -0.928. The quantitative estimate of drug-likeness (QED) is 0.627. The predicted molar refractivity (Wildman–Crippen MR) is 97.7 cm³/mol. The minimum Gasteiger partial charge on any atom is -0.480 e. The highest BCUT2D eigenvalue weighted by molar-refractivity contribution is 6.10. The fourth-order valence-corrected chi connectivity index (χ4v) is 2.80. The summed E-state index contributed by atoms with van der Waals surface area (Å²) < 4.78 is 58.3. The lowest BCUT2D eigenvalue weighted by molar-refractivity contribution is -0.139. The molecule has 3 amide bonds. The van der Waals surface area contributed by atoms with Gasteiger partial charge < -0.3 is 10.1 Å². The van der Waals surface area contributed by atoms with Gasteiger partial charge in [0.05, 0.1) is 18.4 Å². The molecule has 0 aliphatic carbocycles.